The second-order valence-corrected chi connectivity index (χ2v) is 8.51. The third-order valence-corrected chi connectivity index (χ3v) is 6.34. The van der Waals surface area contributed by atoms with Gasteiger partial charge in [-0.25, -0.2) is 4.79 Å². The molecule has 0 radical (unpaired) electrons. The van der Waals surface area contributed by atoms with Crippen LogP contribution in [0.25, 0.3) is 16.8 Å². The van der Waals surface area contributed by atoms with E-state index in [-0.39, 0.29) is 18.3 Å². The van der Waals surface area contributed by atoms with Crippen molar-refractivity contribution in [1.29, 1.82) is 0 Å². The number of rotatable bonds is 7. The van der Waals surface area contributed by atoms with E-state index in [1.54, 1.807) is 6.92 Å². The molecule has 4 aromatic rings. The lowest BCUT2D eigenvalue weighted by molar-refractivity contribution is -0.113. The number of ether oxygens (including phenoxy) is 1. The molecule has 1 N–H and O–H groups in total. The first-order valence-corrected chi connectivity index (χ1v) is 11.5. The van der Waals surface area contributed by atoms with E-state index in [0.717, 1.165) is 22.3 Å². The third-order valence-electron chi connectivity index (χ3n) is 4.50. The van der Waals surface area contributed by atoms with Crippen molar-refractivity contribution in [2.24, 2.45) is 0 Å². The Kier molecular flexibility index (Phi) is 6.34. The molecule has 3 heterocycles. The van der Waals surface area contributed by atoms with Gasteiger partial charge in [-0.2, -0.15) is 0 Å². The van der Waals surface area contributed by atoms with Gasteiger partial charge in [-0.15, -0.1) is 21.5 Å². The first kappa shape index (κ1) is 21.1. The molecule has 1 aromatic carbocycles. The molecule has 0 saturated heterocycles. The number of amides is 1. The Balaban J connectivity index is 1.53. The molecule has 9 heteroatoms. The van der Waals surface area contributed by atoms with Gasteiger partial charge in [-0.1, -0.05) is 47.7 Å². The van der Waals surface area contributed by atoms with Gasteiger partial charge in [0, 0.05) is 17.1 Å². The minimum Gasteiger partial charge on any atom is -0.462 e. The van der Waals surface area contributed by atoms with Gasteiger partial charge in [-0.05, 0) is 31.5 Å². The van der Waals surface area contributed by atoms with Gasteiger partial charge in [0.2, 0.25) is 5.91 Å². The highest BCUT2D eigenvalue weighted by atomic mass is 32.2. The van der Waals surface area contributed by atoms with E-state index in [4.69, 9.17) is 4.74 Å². The summed E-state index contributed by atoms with van der Waals surface area (Å²) in [6.07, 6.45) is 1.85. The van der Waals surface area contributed by atoms with Crippen LogP contribution in [0.1, 0.15) is 22.8 Å². The van der Waals surface area contributed by atoms with Crippen LogP contribution in [0.15, 0.2) is 59.2 Å². The van der Waals surface area contributed by atoms with Crippen molar-refractivity contribution < 1.29 is 14.3 Å². The molecule has 0 aliphatic heterocycles. The number of nitrogens with one attached hydrogen (secondary N) is 1. The lowest BCUT2D eigenvalue weighted by atomic mass is 10.0. The predicted molar refractivity (Wildman–Crippen MR) is 123 cm³/mol. The highest BCUT2D eigenvalue weighted by molar-refractivity contribution is 7.99. The van der Waals surface area contributed by atoms with Crippen LogP contribution in [0.2, 0.25) is 0 Å². The SMILES string of the molecule is CCOC(=O)c1c(-c2ccc(C)cc2)csc1NC(=O)CSc1nnc2ccccn12. The summed E-state index contributed by atoms with van der Waals surface area (Å²) < 4.78 is 7.07. The number of benzene rings is 1. The number of thioether (sulfide) groups is 1. The number of nitrogens with zero attached hydrogens (tertiary/aromatic N) is 3. The lowest BCUT2D eigenvalue weighted by Crippen LogP contribution is -2.16. The van der Waals surface area contributed by atoms with Gasteiger partial charge in [-0.3, -0.25) is 9.20 Å². The van der Waals surface area contributed by atoms with Crippen molar-refractivity contribution in [2.45, 2.75) is 19.0 Å². The lowest BCUT2D eigenvalue weighted by Gasteiger charge is -2.09. The van der Waals surface area contributed by atoms with Crippen LogP contribution < -0.4 is 5.32 Å². The first-order chi connectivity index (χ1) is 15.1. The summed E-state index contributed by atoms with van der Waals surface area (Å²) in [5.74, 6) is -0.554. The fraction of sp³-hybridized carbons (Fsp3) is 0.182. The van der Waals surface area contributed by atoms with Gasteiger partial charge in [0.1, 0.15) is 10.6 Å². The molecule has 0 saturated carbocycles. The van der Waals surface area contributed by atoms with Gasteiger partial charge in [0.25, 0.3) is 0 Å². The average Bonchev–Trinajstić information content (AvgIpc) is 3.37. The van der Waals surface area contributed by atoms with Crippen molar-refractivity contribution in [2.75, 3.05) is 17.7 Å². The predicted octanol–water partition coefficient (Wildman–Crippen LogP) is 4.67. The molecule has 0 unspecified atom stereocenters. The Hall–Kier alpha value is -3.17. The number of carbonyl (C=O) groups excluding carboxylic acids is 2. The van der Waals surface area contributed by atoms with Crippen molar-refractivity contribution in [1.82, 2.24) is 14.6 Å². The van der Waals surface area contributed by atoms with Crippen LogP contribution in [0, 0.1) is 6.92 Å². The molecule has 0 spiro atoms. The number of anilines is 1. The molecule has 0 aliphatic carbocycles. The number of pyridine rings is 1. The fourth-order valence-electron chi connectivity index (χ4n) is 3.01. The summed E-state index contributed by atoms with van der Waals surface area (Å²) in [7, 11) is 0. The molecule has 0 aliphatic rings. The smallest absolute Gasteiger partial charge is 0.341 e. The van der Waals surface area contributed by atoms with Crippen LogP contribution in [-0.4, -0.2) is 38.8 Å². The fourth-order valence-corrected chi connectivity index (χ4v) is 4.71. The molecular formula is C22H20N4O3S2. The van der Waals surface area contributed by atoms with Gasteiger partial charge in [0.05, 0.1) is 12.4 Å². The van der Waals surface area contributed by atoms with E-state index in [1.807, 2.05) is 65.4 Å². The van der Waals surface area contributed by atoms with Crippen LogP contribution in [0.3, 0.4) is 0 Å². The number of carbonyl (C=O) groups is 2. The molecule has 1 amide bonds. The topological polar surface area (TPSA) is 85.6 Å². The molecule has 0 bridgehead atoms. The van der Waals surface area contributed by atoms with Crippen molar-refractivity contribution in [3.05, 3.63) is 65.2 Å². The quantitative estimate of drug-likeness (QED) is 0.324. The average molecular weight is 453 g/mol. The van der Waals surface area contributed by atoms with Gasteiger partial charge in [0.15, 0.2) is 10.8 Å². The highest BCUT2D eigenvalue weighted by Crippen LogP contribution is 2.36. The van der Waals surface area contributed by atoms with Gasteiger partial charge < -0.3 is 10.1 Å². The summed E-state index contributed by atoms with van der Waals surface area (Å²) in [6, 6.07) is 13.5. The number of aryl methyl sites for hydroxylation is 1. The maximum Gasteiger partial charge on any atom is 0.341 e. The Morgan fingerprint density at radius 2 is 1.97 bits per heavy atom. The second kappa shape index (κ2) is 9.32. The third kappa shape index (κ3) is 4.62. The number of thiophene rings is 1. The number of fused-ring (bicyclic) bond motifs is 1. The van der Waals surface area contributed by atoms with Crippen LogP contribution in [0.5, 0.6) is 0 Å². The molecule has 4 rings (SSSR count). The maximum atomic E-state index is 12.7. The largest absolute Gasteiger partial charge is 0.462 e. The summed E-state index contributed by atoms with van der Waals surface area (Å²) in [5.41, 5.74) is 3.87. The van der Waals surface area contributed by atoms with E-state index < -0.39 is 5.97 Å². The zero-order chi connectivity index (χ0) is 21.8. The van der Waals surface area contributed by atoms with Crippen LogP contribution >= 0.6 is 23.1 Å². The van der Waals surface area contributed by atoms with Crippen molar-refractivity contribution >= 4 is 45.6 Å². The Bertz CT molecular complexity index is 1230. The van der Waals surface area contributed by atoms with E-state index in [1.165, 1.54) is 23.1 Å². The maximum absolute atomic E-state index is 12.7. The molecule has 31 heavy (non-hydrogen) atoms. The molecular weight excluding hydrogens is 432 g/mol. The summed E-state index contributed by atoms with van der Waals surface area (Å²) in [6.45, 7) is 4.02. The van der Waals surface area contributed by atoms with Crippen LogP contribution in [-0.2, 0) is 9.53 Å². The molecule has 7 nitrogen and oxygen atoms in total. The van der Waals surface area contributed by atoms with E-state index in [2.05, 4.69) is 15.5 Å². The standard InChI is InChI=1S/C22H20N4O3S2/c1-3-29-21(28)19-16(15-9-7-14(2)8-10-15)12-30-20(19)23-18(27)13-31-22-25-24-17-6-4-5-11-26(17)22/h4-12H,3,13H2,1-2H3,(H,23,27). The highest BCUT2D eigenvalue weighted by Gasteiger charge is 2.23. The first-order valence-electron chi connectivity index (χ1n) is 9.65. The minimum absolute atomic E-state index is 0.135. The van der Waals surface area contributed by atoms with E-state index >= 15 is 0 Å². The second-order valence-electron chi connectivity index (χ2n) is 6.69. The summed E-state index contributed by atoms with van der Waals surface area (Å²) in [5, 5.41) is 14.0. The molecule has 0 atom stereocenters. The van der Waals surface area contributed by atoms with Crippen LogP contribution in [0.4, 0.5) is 5.00 Å². The number of aromatic nitrogens is 3. The Morgan fingerprint density at radius 1 is 1.16 bits per heavy atom. The molecule has 0 fully saturated rings. The monoisotopic (exact) mass is 452 g/mol. The van der Waals surface area contributed by atoms with Gasteiger partial charge >= 0.3 is 5.97 Å². The van der Waals surface area contributed by atoms with Crippen molar-refractivity contribution in [3.8, 4) is 11.1 Å². The van der Waals surface area contributed by atoms with Crippen molar-refractivity contribution in [3.63, 3.8) is 0 Å². The Labute approximate surface area is 187 Å². The molecule has 158 valence electrons. The number of hydrogen-bond donors (Lipinski definition) is 1. The zero-order valence-electron chi connectivity index (χ0n) is 17.0. The van der Waals surface area contributed by atoms with E-state index in [9.17, 15) is 9.59 Å². The van der Waals surface area contributed by atoms with E-state index in [0.29, 0.717) is 15.7 Å². The summed E-state index contributed by atoms with van der Waals surface area (Å²) in [4.78, 5) is 25.3. The minimum atomic E-state index is -0.453. The number of hydrogen-bond acceptors (Lipinski definition) is 7. The summed E-state index contributed by atoms with van der Waals surface area (Å²) >= 11 is 2.59. The molecule has 3 aromatic heterocycles. The normalized spacial score (nSPS) is 10.9. The zero-order valence-corrected chi connectivity index (χ0v) is 18.6. The Morgan fingerprint density at radius 3 is 2.74 bits per heavy atom. The number of esters is 1.